The molecular weight excluding hydrogens is 492 g/mol. The number of carbonyl (C=O) groups is 2. The molecule has 1 saturated carbocycles. The number of rotatable bonds is 11. The first-order chi connectivity index (χ1) is 17.4. The fourth-order valence-electron chi connectivity index (χ4n) is 3.74. The van der Waals surface area contributed by atoms with Crippen molar-refractivity contribution in [2.24, 2.45) is 22.1 Å². The highest BCUT2D eigenvalue weighted by molar-refractivity contribution is 5.99. The number of carboxylic acids is 2. The molecule has 4 rings (SSSR count). The number of hydrogen-bond acceptors (Lipinski definition) is 8. The number of carboxylic acid groups (broad SMARTS) is 2. The average Bonchev–Trinajstić information content (AvgIpc) is 3.57. The number of alkyl halides is 2. The van der Waals surface area contributed by atoms with Gasteiger partial charge in [-0.2, -0.15) is 8.78 Å². The first kappa shape index (κ1) is 26.3. The van der Waals surface area contributed by atoms with Gasteiger partial charge in [0.15, 0.2) is 17.0 Å². The second kappa shape index (κ2) is 9.92. The van der Waals surface area contributed by atoms with Crippen molar-refractivity contribution >= 4 is 18.2 Å². The molecule has 198 valence electrons. The maximum atomic E-state index is 12.9. The summed E-state index contributed by atoms with van der Waals surface area (Å²) in [6.07, 6.45) is 5.32. The highest BCUT2D eigenvalue weighted by atomic mass is 19.3. The Morgan fingerprint density at radius 3 is 2.49 bits per heavy atom. The van der Waals surface area contributed by atoms with E-state index >= 15 is 0 Å². The third kappa shape index (κ3) is 5.63. The van der Waals surface area contributed by atoms with E-state index in [4.69, 9.17) is 14.9 Å². The lowest BCUT2D eigenvalue weighted by Crippen LogP contribution is -2.43. The summed E-state index contributed by atoms with van der Waals surface area (Å²) in [4.78, 5) is 32.3. The molecule has 1 aromatic heterocycles. The number of hydrogen-bond donors (Lipinski definition) is 3. The molecule has 1 aromatic carbocycles. The number of dihydropyridines is 1. The van der Waals surface area contributed by atoms with Crippen molar-refractivity contribution in [2.75, 3.05) is 6.61 Å². The molecule has 0 bridgehead atoms. The van der Waals surface area contributed by atoms with Gasteiger partial charge >= 0.3 is 18.6 Å². The van der Waals surface area contributed by atoms with Gasteiger partial charge in [0.2, 0.25) is 5.89 Å². The summed E-state index contributed by atoms with van der Waals surface area (Å²) in [7, 11) is 0. The van der Waals surface area contributed by atoms with Crippen LogP contribution >= 0.6 is 0 Å². The van der Waals surface area contributed by atoms with Crippen LogP contribution in [0.15, 0.2) is 39.8 Å². The average molecular weight is 520 g/mol. The number of aromatic nitrogens is 1. The van der Waals surface area contributed by atoms with Crippen molar-refractivity contribution < 1.29 is 42.5 Å². The second-order valence-corrected chi connectivity index (χ2v) is 9.50. The molecule has 4 N–H and O–H groups in total. The van der Waals surface area contributed by atoms with Crippen LogP contribution in [-0.4, -0.2) is 52.1 Å². The van der Waals surface area contributed by atoms with Crippen LogP contribution < -0.4 is 15.2 Å². The van der Waals surface area contributed by atoms with Crippen molar-refractivity contribution in [1.29, 1.82) is 0 Å². The Balaban J connectivity index is 1.68. The van der Waals surface area contributed by atoms with Crippen LogP contribution in [0.4, 0.5) is 8.78 Å². The van der Waals surface area contributed by atoms with E-state index in [-0.39, 0.29) is 35.3 Å². The Morgan fingerprint density at radius 1 is 1.22 bits per heavy atom. The molecule has 37 heavy (non-hydrogen) atoms. The summed E-state index contributed by atoms with van der Waals surface area (Å²) in [5.41, 5.74) is 3.39. The number of aliphatic imine (C=N–C) groups is 1. The SMILES string of the molecule is CC(N)c1oc(-c2ccc(OC(F)F)c(OCC3CC3)c2)nc1CC1(C(=O)O)C=CC(C)(C(=O)O)C=N1. The van der Waals surface area contributed by atoms with Gasteiger partial charge in [-0.1, -0.05) is 6.08 Å². The van der Waals surface area contributed by atoms with E-state index in [0.29, 0.717) is 18.1 Å². The Morgan fingerprint density at radius 2 is 1.95 bits per heavy atom. The summed E-state index contributed by atoms with van der Waals surface area (Å²) < 4.78 is 41.9. The van der Waals surface area contributed by atoms with Crippen LogP contribution in [0, 0.1) is 11.3 Å². The zero-order chi connectivity index (χ0) is 27.0. The predicted molar refractivity (Wildman–Crippen MR) is 127 cm³/mol. The van der Waals surface area contributed by atoms with E-state index in [1.54, 1.807) is 6.92 Å². The number of aliphatic carboxylic acids is 2. The largest absolute Gasteiger partial charge is 0.489 e. The predicted octanol–water partition coefficient (Wildman–Crippen LogP) is 3.85. The number of halogens is 2. The van der Waals surface area contributed by atoms with Gasteiger partial charge in [-0.25, -0.2) is 9.78 Å². The van der Waals surface area contributed by atoms with E-state index in [9.17, 15) is 28.6 Å². The maximum Gasteiger partial charge on any atom is 0.387 e. The van der Waals surface area contributed by atoms with Crippen LogP contribution in [0.5, 0.6) is 11.5 Å². The fourth-order valence-corrected chi connectivity index (χ4v) is 3.74. The number of ether oxygens (including phenoxy) is 2. The van der Waals surface area contributed by atoms with Crippen molar-refractivity contribution in [2.45, 2.75) is 51.3 Å². The molecule has 2 heterocycles. The van der Waals surface area contributed by atoms with Gasteiger partial charge in [0, 0.05) is 18.2 Å². The molecular formula is C25H27F2N3O7. The van der Waals surface area contributed by atoms with Crippen molar-refractivity contribution in [3.63, 3.8) is 0 Å². The highest BCUT2D eigenvalue weighted by Gasteiger charge is 2.43. The third-order valence-electron chi connectivity index (χ3n) is 6.26. The van der Waals surface area contributed by atoms with E-state index in [1.807, 2.05) is 0 Å². The summed E-state index contributed by atoms with van der Waals surface area (Å²) in [5.74, 6) is -1.88. The van der Waals surface area contributed by atoms with Crippen LogP contribution in [-0.2, 0) is 16.0 Å². The molecule has 0 radical (unpaired) electrons. The van der Waals surface area contributed by atoms with E-state index in [2.05, 4.69) is 14.7 Å². The zero-order valence-electron chi connectivity index (χ0n) is 20.2. The molecule has 3 unspecified atom stereocenters. The van der Waals surface area contributed by atoms with Crippen molar-refractivity contribution in [3.05, 3.63) is 41.8 Å². The minimum Gasteiger partial charge on any atom is -0.489 e. The van der Waals surface area contributed by atoms with E-state index in [0.717, 1.165) is 19.1 Å². The second-order valence-electron chi connectivity index (χ2n) is 9.50. The Bertz CT molecular complexity index is 1240. The van der Waals surface area contributed by atoms with Crippen LogP contribution in [0.3, 0.4) is 0 Å². The molecule has 2 aromatic rings. The molecule has 3 atom stereocenters. The molecule has 1 aliphatic carbocycles. The lowest BCUT2D eigenvalue weighted by molar-refractivity contribution is -0.143. The number of nitrogens with two attached hydrogens (primary N) is 1. The normalized spacial score (nSPS) is 23.7. The van der Waals surface area contributed by atoms with Crippen LogP contribution in [0.25, 0.3) is 11.5 Å². The number of nitrogens with zero attached hydrogens (tertiary/aromatic N) is 2. The Hall–Kier alpha value is -3.80. The maximum absolute atomic E-state index is 12.9. The van der Waals surface area contributed by atoms with Crippen LogP contribution in [0.1, 0.15) is 44.2 Å². The molecule has 12 heteroatoms. The first-order valence-corrected chi connectivity index (χ1v) is 11.6. The number of benzene rings is 1. The fraction of sp³-hybridized carbons (Fsp3) is 0.440. The van der Waals surface area contributed by atoms with Gasteiger partial charge in [0.05, 0.1) is 18.3 Å². The highest BCUT2D eigenvalue weighted by Crippen LogP contribution is 2.38. The van der Waals surface area contributed by atoms with E-state index < -0.39 is 35.5 Å². The van der Waals surface area contributed by atoms with Crippen molar-refractivity contribution in [3.8, 4) is 23.0 Å². The molecule has 1 fully saturated rings. The lowest BCUT2D eigenvalue weighted by Gasteiger charge is -2.28. The van der Waals surface area contributed by atoms with Gasteiger partial charge in [0.25, 0.3) is 0 Å². The lowest BCUT2D eigenvalue weighted by atomic mass is 9.82. The molecule has 0 amide bonds. The third-order valence-corrected chi connectivity index (χ3v) is 6.26. The molecule has 2 aliphatic rings. The Labute approximate surface area is 210 Å². The molecule has 10 nitrogen and oxygen atoms in total. The topological polar surface area (TPSA) is 157 Å². The minimum atomic E-state index is -3.04. The van der Waals surface area contributed by atoms with E-state index in [1.165, 1.54) is 37.3 Å². The Kier molecular flexibility index (Phi) is 7.05. The molecule has 0 saturated heterocycles. The van der Waals surface area contributed by atoms with Gasteiger partial charge in [-0.15, -0.1) is 0 Å². The summed E-state index contributed by atoms with van der Waals surface area (Å²) in [5, 5.41) is 19.4. The number of oxazole rings is 1. The quantitative estimate of drug-likeness (QED) is 0.375. The van der Waals surface area contributed by atoms with Gasteiger partial charge in [-0.3, -0.25) is 9.79 Å². The van der Waals surface area contributed by atoms with Gasteiger partial charge in [-0.05, 0) is 56.9 Å². The summed E-state index contributed by atoms with van der Waals surface area (Å²) in [6.45, 7) is 0.344. The van der Waals surface area contributed by atoms with Gasteiger partial charge in [0.1, 0.15) is 11.2 Å². The van der Waals surface area contributed by atoms with Crippen LogP contribution in [0.2, 0.25) is 0 Å². The van der Waals surface area contributed by atoms with Crippen molar-refractivity contribution in [1.82, 2.24) is 4.98 Å². The molecule has 0 spiro atoms. The summed E-state index contributed by atoms with van der Waals surface area (Å²) in [6, 6.07) is 3.57. The monoisotopic (exact) mass is 519 g/mol. The smallest absolute Gasteiger partial charge is 0.387 e. The molecule has 1 aliphatic heterocycles. The zero-order valence-corrected chi connectivity index (χ0v) is 20.2. The minimum absolute atomic E-state index is 0.0712. The first-order valence-electron chi connectivity index (χ1n) is 11.6. The summed E-state index contributed by atoms with van der Waals surface area (Å²) >= 11 is 0. The van der Waals surface area contributed by atoms with Gasteiger partial charge < -0.3 is 29.8 Å². The standard InChI is InChI=1S/C25H27F2N3O7/c1-13(28)19-16(10-25(22(33)34)8-7-24(2,12-29-25)21(31)32)30-20(37-19)15-5-6-17(36-23(26)27)18(9-15)35-11-14-3-4-14/h5-9,12-14,23H,3-4,10-11,28H2,1-2H3,(H,31,32)(H,33,34).